The predicted octanol–water partition coefficient (Wildman–Crippen LogP) is 8.26. The van der Waals surface area contributed by atoms with Gasteiger partial charge in [0, 0.05) is 0 Å². The molecule has 3 aromatic rings. The van der Waals surface area contributed by atoms with Crippen molar-refractivity contribution >= 4 is 11.9 Å². The van der Waals surface area contributed by atoms with Crippen LogP contribution in [-0.4, -0.2) is 18.0 Å². The second kappa shape index (κ2) is 14.2. The lowest BCUT2D eigenvalue weighted by Gasteiger charge is -2.15. The second-order valence-corrected chi connectivity index (χ2v) is 9.47. The van der Waals surface area contributed by atoms with Crippen molar-refractivity contribution in [1.82, 2.24) is 0 Å². The Hall–Kier alpha value is -3.60. The van der Waals surface area contributed by atoms with E-state index in [1.54, 1.807) is 36.4 Å². The minimum Gasteiger partial charge on any atom is -0.491 e. The maximum absolute atomic E-state index is 12.6. The molecule has 5 nitrogen and oxygen atoms in total. The van der Waals surface area contributed by atoms with Crippen molar-refractivity contribution in [2.24, 2.45) is 5.92 Å². The molecule has 0 amide bonds. The summed E-state index contributed by atoms with van der Waals surface area (Å²) in [5, 5.41) is 0. The minimum atomic E-state index is -0.451. The fourth-order valence-corrected chi connectivity index (χ4v) is 3.80. The average Bonchev–Trinajstić information content (AvgIpc) is 2.92. The monoisotopic (exact) mass is 502 g/mol. The summed E-state index contributed by atoms with van der Waals surface area (Å²) < 4.78 is 16.9. The van der Waals surface area contributed by atoms with E-state index in [1.807, 2.05) is 50.2 Å². The first-order valence-electron chi connectivity index (χ1n) is 13.3. The molecule has 5 heteroatoms. The van der Waals surface area contributed by atoms with Gasteiger partial charge in [0.25, 0.3) is 0 Å². The largest absolute Gasteiger partial charge is 0.491 e. The lowest BCUT2D eigenvalue weighted by molar-refractivity contribution is -0.138. The molecule has 196 valence electrons. The third kappa shape index (κ3) is 8.78. The third-order valence-electron chi connectivity index (χ3n) is 6.38. The molecule has 37 heavy (non-hydrogen) atoms. The summed E-state index contributed by atoms with van der Waals surface area (Å²) in [5.74, 6) is 0.780. The Labute approximate surface area is 220 Å². The van der Waals surface area contributed by atoms with Gasteiger partial charge in [0.15, 0.2) is 0 Å². The quantitative estimate of drug-likeness (QED) is 0.134. The minimum absolute atomic E-state index is 0.166. The molecule has 2 atom stereocenters. The first-order valence-corrected chi connectivity index (χ1v) is 13.3. The lowest BCUT2D eigenvalue weighted by atomic mass is 10.0. The zero-order valence-electron chi connectivity index (χ0n) is 22.4. The van der Waals surface area contributed by atoms with Crippen molar-refractivity contribution in [2.75, 3.05) is 0 Å². The molecule has 0 spiro atoms. The summed E-state index contributed by atoms with van der Waals surface area (Å²) in [4.78, 5) is 24.5. The van der Waals surface area contributed by atoms with Gasteiger partial charge in [-0.1, -0.05) is 64.3 Å². The average molecular weight is 503 g/mol. The molecule has 0 saturated heterocycles. The van der Waals surface area contributed by atoms with Crippen molar-refractivity contribution in [3.8, 4) is 28.4 Å². The van der Waals surface area contributed by atoms with Gasteiger partial charge in [0.2, 0.25) is 0 Å². The molecule has 2 unspecified atom stereocenters. The Bertz CT molecular complexity index is 1120. The number of hydrogen-bond donors (Lipinski definition) is 0. The zero-order chi connectivity index (χ0) is 26.6. The summed E-state index contributed by atoms with van der Waals surface area (Å²) in [6.07, 6.45) is 6.95. The SMILES string of the molecule is CCCCCCC(C)Oc1ccc(-c2ccc(C(=O)Oc3ccc(OC(=O)C(C)CC)cc3)cc2)cc1. The number of carbonyl (C=O) groups excluding carboxylic acids is 2. The lowest BCUT2D eigenvalue weighted by Crippen LogP contribution is -2.16. The first-order chi connectivity index (χ1) is 17.9. The smallest absolute Gasteiger partial charge is 0.343 e. The van der Waals surface area contributed by atoms with Crippen LogP contribution in [0.4, 0.5) is 0 Å². The van der Waals surface area contributed by atoms with Crippen LogP contribution in [0.5, 0.6) is 17.2 Å². The molecular formula is C32H38O5. The van der Waals surface area contributed by atoms with Crippen LogP contribution in [-0.2, 0) is 4.79 Å². The van der Waals surface area contributed by atoms with Crippen LogP contribution in [0.15, 0.2) is 72.8 Å². The molecule has 0 saturated carbocycles. The van der Waals surface area contributed by atoms with E-state index < -0.39 is 5.97 Å². The highest BCUT2D eigenvalue weighted by Crippen LogP contribution is 2.25. The van der Waals surface area contributed by atoms with Crippen LogP contribution in [0.1, 0.15) is 76.6 Å². The number of unbranched alkanes of at least 4 members (excludes halogenated alkanes) is 3. The molecular weight excluding hydrogens is 464 g/mol. The fraction of sp³-hybridized carbons (Fsp3) is 0.375. The Morgan fingerprint density at radius 2 is 1.22 bits per heavy atom. The van der Waals surface area contributed by atoms with Crippen LogP contribution in [0, 0.1) is 5.92 Å². The molecule has 0 aromatic heterocycles. The number of ether oxygens (including phenoxy) is 3. The van der Waals surface area contributed by atoms with E-state index in [0.29, 0.717) is 23.5 Å². The van der Waals surface area contributed by atoms with Crippen molar-refractivity contribution in [2.45, 2.75) is 72.3 Å². The van der Waals surface area contributed by atoms with Gasteiger partial charge in [-0.15, -0.1) is 0 Å². The molecule has 0 bridgehead atoms. The third-order valence-corrected chi connectivity index (χ3v) is 6.38. The van der Waals surface area contributed by atoms with Gasteiger partial charge >= 0.3 is 11.9 Å². The molecule has 0 aliphatic rings. The zero-order valence-corrected chi connectivity index (χ0v) is 22.4. The fourth-order valence-electron chi connectivity index (χ4n) is 3.80. The normalized spacial score (nSPS) is 12.4. The maximum atomic E-state index is 12.6. The molecule has 0 heterocycles. The van der Waals surface area contributed by atoms with Crippen LogP contribution >= 0.6 is 0 Å². The molecule has 0 radical (unpaired) electrons. The Morgan fingerprint density at radius 3 is 1.78 bits per heavy atom. The summed E-state index contributed by atoms with van der Waals surface area (Å²) in [6, 6.07) is 21.8. The summed E-state index contributed by atoms with van der Waals surface area (Å²) in [7, 11) is 0. The van der Waals surface area contributed by atoms with E-state index in [4.69, 9.17) is 14.2 Å². The van der Waals surface area contributed by atoms with Gasteiger partial charge in [0.1, 0.15) is 17.2 Å². The van der Waals surface area contributed by atoms with Gasteiger partial charge in [-0.25, -0.2) is 4.79 Å². The van der Waals surface area contributed by atoms with E-state index in [0.717, 1.165) is 23.3 Å². The van der Waals surface area contributed by atoms with E-state index >= 15 is 0 Å². The highest BCUT2D eigenvalue weighted by atomic mass is 16.5. The summed E-state index contributed by atoms with van der Waals surface area (Å²) in [6.45, 7) is 8.10. The van der Waals surface area contributed by atoms with Gasteiger partial charge in [-0.2, -0.15) is 0 Å². The van der Waals surface area contributed by atoms with E-state index in [-0.39, 0.29) is 18.0 Å². The van der Waals surface area contributed by atoms with Crippen LogP contribution in [0.3, 0.4) is 0 Å². The Balaban J connectivity index is 1.52. The van der Waals surface area contributed by atoms with E-state index in [1.165, 1.54) is 25.7 Å². The predicted molar refractivity (Wildman–Crippen MR) is 147 cm³/mol. The molecule has 0 N–H and O–H groups in total. The Kier molecular flexibility index (Phi) is 10.8. The number of benzene rings is 3. The summed E-state index contributed by atoms with van der Waals surface area (Å²) >= 11 is 0. The van der Waals surface area contributed by atoms with Crippen molar-refractivity contribution < 1.29 is 23.8 Å². The van der Waals surface area contributed by atoms with Crippen molar-refractivity contribution in [3.05, 3.63) is 78.4 Å². The highest BCUT2D eigenvalue weighted by molar-refractivity contribution is 5.91. The molecule has 0 aliphatic heterocycles. The van der Waals surface area contributed by atoms with Gasteiger partial charge in [-0.05, 0) is 85.8 Å². The van der Waals surface area contributed by atoms with Crippen LogP contribution in [0.25, 0.3) is 11.1 Å². The number of esters is 2. The van der Waals surface area contributed by atoms with E-state index in [2.05, 4.69) is 13.8 Å². The summed E-state index contributed by atoms with van der Waals surface area (Å²) in [5.41, 5.74) is 2.50. The Morgan fingerprint density at radius 1 is 0.676 bits per heavy atom. The van der Waals surface area contributed by atoms with Crippen molar-refractivity contribution in [1.29, 1.82) is 0 Å². The molecule has 0 fully saturated rings. The van der Waals surface area contributed by atoms with Gasteiger partial charge < -0.3 is 14.2 Å². The van der Waals surface area contributed by atoms with Gasteiger partial charge in [-0.3, -0.25) is 4.79 Å². The molecule has 3 aromatic carbocycles. The number of hydrogen-bond acceptors (Lipinski definition) is 5. The van der Waals surface area contributed by atoms with Gasteiger partial charge in [0.05, 0.1) is 17.6 Å². The number of carbonyl (C=O) groups is 2. The topological polar surface area (TPSA) is 61.8 Å². The van der Waals surface area contributed by atoms with E-state index in [9.17, 15) is 9.59 Å². The van der Waals surface area contributed by atoms with Crippen molar-refractivity contribution in [3.63, 3.8) is 0 Å². The maximum Gasteiger partial charge on any atom is 0.343 e. The standard InChI is InChI=1S/C32H38O5/c1-5-7-8-9-10-24(4)35-28-17-15-26(16-18-28)25-11-13-27(14-12-25)32(34)37-30-21-19-29(20-22-30)36-31(33)23(3)6-2/h11-24H,5-10H2,1-4H3. The molecule has 3 rings (SSSR count). The van der Waals surface area contributed by atoms with Crippen LogP contribution < -0.4 is 14.2 Å². The molecule has 0 aliphatic carbocycles. The number of rotatable bonds is 13. The van der Waals surface area contributed by atoms with Crippen LogP contribution in [0.2, 0.25) is 0 Å². The second-order valence-electron chi connectivity index (χ2n) is 9.47. The highest BCUT2D eigenvalue weighted by Gasteiger charge is 2.14. The first kappa shape index (κ1) is 28.0.